The number of hydrogen-bond acceptors (Lipinski definition) is 6. The number of ether oxygens (including phenoxy) is 2. The zero-order valence-corrected chi connectivity index (χ0v) is 19.0. The zero-order valence-electron chi connectivity index (χ0n) is 18.2. The van der Waals surface area contributed by atoms with Gasteiger partial charge >= 0.3 is 6.36 Å². The molecule has 4 rings (SSSR count). The van der Waals surface area contributed by atoms with E-state index in [4.69, 9.17) is 4.74 Å². The van der Waals surface area contributed by atoms with Crippen molar-refractivity contribution in [2.24, 2.45) is 0 Å². The summed E-state index contributed by atoms with van der Waals surface area (Å²) in [6.07, 6.45) is -3.43. The van der Waals surface area contributed by atoms with Crippen molar-refractivity contribution < 1.29 is 31.1 Å². The van der Waals surface area contributed by atoms with Gasteiger partial charge in [0.2, 0.25) is 0 Å². The van der Waals surface area contributed by atoms with Crippen molar-refractivity contribution in [1.29, 1.82) is 0 Å². The smallest absolute Gasteiger partial charge is 0.495 e. The average Bonchev–Trinajstić information content (AvgIpc) is 3.17. The molecule has 0 saturated carbocycles. The number of halogens is 3. The molecule has 0 aliphatic carbocycles. The molecule has 2 aromatic carbocycles. The van der Waals surface area contributed by atoms with Gasteiger partial charge < -0.3 is 9.47 Å². The van der Waals surface area contributed by atoms with Crippen molar-refractivity contribution >= 4 is 21.4 Å². The van der Waals surface area contributed by atoms with Crippen molar-refractivity contribution in [3.63, 3.8) is 0 Å². The van der Waals surface area contributed by atoms with E-state index >= 15 is 0 Å². The fraction of sp³-hybridized carbons (Fsp3) is 0.182. The number of aromatic nitrogens is 3. The molecule has 2 aromatic heterocycles. The predicted molar refractivity (Wildman–Crippen MR) is 118 cm³/mol. The van der Waals surface area contributed by atoms with Crippen LogP contribution in [0.3, 0.4) is 0 Å². The second-order valence-electron chi connectivity index (χ2n) is 7.35. The Kier molecular flexibility index (Phi) is 5.86. The van der Waals surface area contributed by atoms with Crippen molar-refractivity contribution in [3.8, 4) is 22.6 Å². The molecule has 0 saturated heterocycles. The summed E-state index contributed by atoms with van der Waals surface area (Å²) in [7, 11) is -3.10. The number of nitrogens with zero attached hydrogens (tertiary/aromatic N) is 3. The van der Waals surface area contributed by atoms with Crippen LogP contribution in [-0.2, 0) is 10.0 Å². The molecule has 12 heteroatoms. The summed E-state index contributed by atoms with van der Waals surface area (Å²) in [4.78, 5) is 4.22. The number of para-hydroxylation sites is 2. The van der Waals surface area contributed by atoms with Crippen LogP contribution < -0.4 is 14.2 Å². The Morgan fingerprint density at radius 3 is 2.47 bits per heavy atom. The summed E-state index contributed by atoms with van der Waals surface area (Å²) in [6.45, 7) is 3.70. The molecule has 0 bridgehead atoms. The predicted octanol–water partition coefficient (Wildman–Crippen LogP) is 4.72. The molecule has 1 N–H and O–H groups in total. The van der Waals surface area contributed by atoms with Gasteiger partial charge in [-0.3, -0.25) is 4.72 Å². The van der Waals surface area contributed by atoms with Crippen molar-refractivity contribution in [2.75, 3.05) is 11.8 Å². The summed E-state index contributed by atoms with van der Waals surface area (Å²) in [6, 6.07) is 11.2. The summed E-state index contributed by atoms with van der Waals surface area (Å²) < 4.78 is 77.7. The topological polar surface area (TPSA) is 94.8 Å². The van der Waals surface area contributed by atoms with E-state index in [-0.39, 0.29) is 16.3 Å². The molecule has 0 aliphatic heterocycles. The molecule has 178 valence electrons. The lowest BCUT2D eigenvalue weighted by atomic mass is 10.1. The van der Waals surface area contributed by atoms with E-state index in [2.05, 4.69) is 19.5 Å². The van der Waals surface area contributed by atoms with Gasteiger partial charge in [-0.15, -0.1) is 13.2 Å². The minimum absolute atomic E-state index is 0.00210. The first-order valence-corrected chi connectivity index (χ1v) is 11.3. The zero-order chi connectivity index (χ0) is 24.7. The SMILES string of the molecule is COc1ccc(-c2cnn3c(C)cc(C)nc23)cc1S(=O)(=O)Nc1ccccc1OC(F)(F)F. The molecular weight excluding hydrogens is 473 g/mol. The molecule has 0 radical (unpaired) electrons. The fourth-order valence-corrected chi connectivity index (χ4v) is 4.76. The second-order valence-corrected chi connectivity index (χ2v) is 9.00. The Morgan fingerprint density at radius 2 is 1.76 bits per heavy atom. The van der Waals surface area contributed by atoms with Crippen molar-refractivity contribution in [2.45, 2.75) is 25.1 Å². The highest BCUT2D eigenvalue weighted by atomic mass is 32.2. The Balaban J connectivity index is 1.79. The number of rotatable bonds is 6. The first-order chi connectivity index (χ1) is 16.0. The summed E-state index contributed by atoms with van der Waals surface area (Å²) in [5, 5.41) is 4.32. The summed E-state index contributed by atoms with van der Waals surface area (Å²) in [5.41, 5.74) is 2.81. The Morgan fingerprint density at radius 1 is 1.03 bits per heavy atom. The maximum atomic E-state index is 13.2. The normalized spacial score (nSPS) is 12.1. The van der Waals surface area contributed by atoms with Gasteiger partial charge in [0.1, 0.15) is 10.6 Å². The van der Waals surface area contributed by atoms with E-state index in [1.807, 2.05) is 19.9 Å². The van der Waals surface area contributed by atoms with E-state index < -0.39 is 22.1 Å². The molecule has 34 heavy (non-hydrogen) atoms. The summed E-state index contributed by atoms with van der Waals surface area (Å²) in [5.74, 6) is -0.686. The van der Waals surface area contributed by atoms with Gasteiger partial charge in [0.05, 0.1) is 19.0 Å². The molecule has 0 fully saturated rings. The third kappa shape index (κ3) is 4.62. The Hall–Kier alpha value is -3.80. The molecule has 2 heterocycles. The monoisotopic (exact) mass is 492 g/mol. The van der Waals surface area contributed by atoms with Crippen LogP contribution in [0.4, 0.5) is 18.9 Å². The molecule has 0 spiro atoms. The van der Waals surface area contributed by atoms with E-state index in [0.29, 0.717) is 16.8 Å². The molecule has 8 nitrogen and oxygen atoms in total. The van der Waals surface area contributed by atoms with Gasteiger partial charge in [0.25, 0.3) is 10.0 Å². The van der Waals surface area contributed by atoms with Gasteiger partial charge in [-0.1, -0.05) is 18.2 Å². The van der Waals surface area contributed by atoms with E-state index in [1.165, 1.54) is 31.4 Å². The quantitative estimate of drug-likeness (QED) is 0.419. The van der Waals surface area contributed by atoms with E-state index in [9.17, 15) is 21.6 Å². The number of alkyl halides is 3. The maximum absolute atomic E-state index is 13.2. The lowest BCUT2D eigenvalue weighted by molar-refractivity contribution is -0.274. The van der Waals surface area contributed by atoms with Gasteiger partial charge in [-0.25, -0.2) is 17.9 Å². The number of aryl methyl sites for hydroxylation is 2. The lowest BCUT2D eigenvalue weighted by Gasteiger charge is -2.16. The Bertz CT molecular complexity index is 1480. The van der Waals surface area contributed by atoms with Crippen LogP contribution in [0.5, 0.6) is 11.5 Å². The second kappa shape index (κ2) is 8.52. The first kappa shape index (κ1) is 23.4. The highest BCUT2D eigenvalue weighted by Gasteiger charge is 2.33. The highest BCUT2D eigenvalue weighted by molar-refractivity contribution is 7.92. The Labute approximate surface area is 193 Å². The number of methoxy groups -OCH3 is 1. The largest absolute Gasteiger partial charge is 0.573 e. The van der Waals surface area contributed by atoms with Crippen LogP contribution in [0.15, 0.2) is 59.6 Å². The number of benzene rings is 2. The molecule has 0 aliphatic rings. The lowest BCUT2D eigenvalue weighted by Crippen LogP contribution is -2.20. The number of anilines is 1. The van der Waals surface area contributed by atoms with Gasteiger partial charge in [-0.2, -0.15) is 5.10 Å². The summed E-state index contributed by atoms with van der Waals surface area (Å²) >= 11 is 0. The third-order valence-corrected chi connectivity index (χ3v) is 6.29. The number of hydrogen-bond donors (Lipinski definition) is 1. The number of sulfonamides is 1. The molecule has 0 amide bonds. The van der Waals surface area contributed by atoms with Crippen LogP contribution in [0.2, 0.25) is 0 Å². The standard InChI is InChI=1S/C22H19F3N4O4S/c1-13-10-14(2)29-21(27-13)16(12-26-29)15-8-9-19(32-3)20(11-15)34(30,31)28-17-6-4-5-7-18(17)33-22(23,24)25/h4-12,28H,1-3H3. The minimum atomic E-state index is -4.99. The van der Waals surface area contributed by atoms with Crippen LogP contribution in [-0.4, -0.2) is 36.5 Å². The van der Waals surface area contributed by atoms with Crippen molar-refractivity contribution in [1.82, 2.24) is 14.6 Å². The average molecular weight is 492 g/mol. The van der Waals surface area contributed by atoms with Crippen molar-refractivity contribution in [3.05, 3.63) is 66.1 Å². The van der Waals surface area contributed by atoms with Crippen LogP contribution in [0.25, 0.3) is 16.8 Å². The highest BCUT2D eigenvalue weighted by Crippen LogP contribution is 2.35. The molecule has 0 unspecified atom stereocenters. The van der Waals surface area contributed by atoms with Crippen LogP contribution >= 0.6 is 0 Å². The molecular formula is C22H19F3N4O4S. The molecule has 0 atom stereocenters. The number of nitrogens with one attached hydrogen (secondary N) is 1. The fourth-order valence-electron chi connectivity index (χ4n) is 3.49. The third-order valence-electron chi connectivity index (χ3n) is 4.90. The van der Waals surface area contributed by atoms with Gasteiger partial charge in [0.15, 0.2) is 11.4 Å². The number of fused-ring (bicyclic) bond motifs is 1. The van der Waals surface area contributed by atoms with Gasteiger partial charge in [0, 0.05) is 17.0 Å². The van der Waals surface area contributed by atoms with Crippen LogP contribution in [0.1, 0.15) is 11.4 Å². The maximum Gasteiger partial charge on any atom is 0.573 e. The molecule has 4 aromatic rings. The first-order valence-electron chi connectivity index (χ1n) is 9.86. The van der Waals surface area contributed by atoms with E-state index in [0.717, 1.165) is 23.5 Å². The van der Waals surface area contributed by atoms with Gasteiger partial charge in [-0.05, 0) is 49.7 Å². The van der Waals surface area contributed by atoms with E-state index in [1.54, 1.807) is 16.8 Å². The minimum Gasteiger partial charge on any atom is -0.495 e. The van der Waals surface area contributed by atoms with Crippen LogP contribution in [0, 0.1) is 13.8 Å².